The first-order valence-electron chi connectivity index (χ1n) is 9.82. The number of ether oxygens (including phenoxy) is 2. The summed E-state index contributed by atoms with van der Waals surface area (Å²) >= 11 is 0. The maximum absolute atomic E-state index is 11.9. The molecule has 0 aromatic heterocycles. The second-order valence-electron chi connectivity index (χ2n) is 7.81. The van der Waals surface area contributed by atoms with E-state index in [1.54, 1.807) is 19.0 Å². The van der Waals surface area contributed by atoms with Crippen LogP contribution in [0.25, 0.3) is 0 Å². The summed E-state index contributed by atoms with van der Waals surface area (Å²) in [6, 6.07) is 0. The van der Waals surface area contributed by atoms with Gasteiger partial charge in [-0.2, -0.15) is 0 Å². The Morgan fingerprint density at radius 1 is 1.15 bits per heavy atom. The molecule has 1 aliphatic carbocycles. The average molecular weight is 498 g/mol. The number of likely N-dealkylation sites (N-methyl/N-ethyl adjacent to an activating group) is 1. The fourth-order valence-electron chi connectivity index (χ4n) is 2.75. The van der Waals surface area contributed by atoms with E-state index < -0.39 is 5.60 Å². The fourth-order valence-corrected chi connectivity index (χ4v) is 2.75. The van der Waals surface area contributed by atoms with E-state index in [4.69, 9.17) is 9.47 Å². The van der Waals surface area contributed by atoms with Crippen LogP contribution >= 0.6 is 24.0 Å². The number of amides is 1. The normalized spacial score (nSPS) is 15.7. The zero-order valence-electron chi connectivity index (χ0n) is 17.7. The van der Waals surface area contributed by atoms with E-state index >= 15 is 0 Å². The number of nitrogens with zero attached hydrogens (tertiary/aromatic N) is 2. The van der Waals surface area contributed by atoms with Gasteiger partial charge in [0.2, 0.25) is 0 Å². The zero-order valence-corrected chi connectivity index (χ0v) is 20.0. The van der Waals surface area contributed by atoms with Gasteiger partial charge in [-0.3, -0.25) is 4.99 Å². The topological polar surface area (TPSA) is 75.2 Å². The number of aliphatic imine (C=N–C) groups is 1. The van der Waals surface area contributed by atoms with Gasteiger partial charge in [0.1, 0.15) is 5.60 Å². The first-order valence-corrected chi connectivity index (χ1v) is 9.82. The highest BCUT2D eigenvalue weighted by Gasteiger charge is 2.19. The van der Waals surface area contributed by atoms with Crippen LogP contribution in [-0.2, 0) is 9.47 Å². The lowest BCUT2D eigenvalue weighted by Crippen LogP contribution is -2.43. The van der Waals surface area contributed by atoms with Crippen LogP contribution in [0, 0.1) is 0 Å². The molecule has 1 amide bonds. The molecule has 2 N–H and O–H groups in total. The number of carbonyl (C=O) groups is 1. The summed E-state index contributed by atoms with van der Waals surface area (Å²) in [6.07, 6.45) is 7.48. The van der Waals surface area contributed by atoms with E-state index in [1.165, 1.54) is 32.1 Å². The minimum atomic E-state index is -0.476. The predicted molar refractivity (Wildman–Crippen MR) is 121 cm³/mol. The molecule has 0 aliphatic heterocycles. The van der Waals surface area contributed by atoms with Crippen molar-refractivity contribution in [3.8, 4) is 0 Å². The molecule has 0 aromatic rings. The van der Waals surface area contributed by atoms with E-state index in [0.29, 0.717) is 19.2 Å². The van der Waals surface area contributed by atoms with Crippen molar-refractivity contribution in [3.05, 3.63) is 0 Å². The molecule has 1 saturated carbocycles. The number of guanidine groups is 1. The number of hydrogen-bond donors (Lipinski definition) is 2. The molecule has 0 aromatic carbocycles. The highest BCUT2D eigenvalue weighted by molar-refractivity contribution is 14.0. The Morgan fingerprint density at radius 2 is 1.78 bits per heavy atom. The van der Waals surface area contributed by atoms with Crippen molar-refractivity contribution >= 4 is 36.0 Å². The van der Waals surface area contributed by atoms with Crippen LogP contribution in [0.2, 0.25) is 0 Å². The van der Waals surface area contributed by atoms with E-state index in [2.05, 4.69) is 15.6 Å². The van der Waals surface area contributed by atoms with Crippen molar-refractivity contribution in [1.29, 1.82) is 0 Å². The van der Waals surface area contributed by atoms with Gasteiger partial charge >= 0.3 is 6.09 Å². The smallest absolute Gasteiger partial charge is 0.410 e. The van der Waals surface area contributed by atoms with Crippen LogP contribution in [0.3, 0.4) is 0 Å². The molecule has 0 saturated heterocycles. The highest BCUT2D eigenvalue weighted by Crippen LogP contribution is 2.20. The van der Waals surface area contributed by atoms with Crippen molar-refractivity contribution in [2.24, 2.45) is 4.99 Å². The minimum absolute atomic E-state index is 0. The molecular formula is C19H39IN4O3. The number of halogens is 1. The van der Waals surface area contributed by atoms with Gasteiger partial charge < -0.3 is 25.0 Å². The van der Waals surface area contributed by atoms with Gasteiger partial charge in [0.25, 0.3) is 0 Å². The zero-order chi connectivity index (χ0) is 19.4. The highest BCUT2D eigenvalue weighted by atomic mass is 127. The molecule has 0 heterocycles. The van der Waals surface area contributed by atoms with E-state index in [0.717, 1.165) is 25.5 Å². The molecule has 0 atom stereocenters. The van der Waals surface area contributed by atoms with E-state index in [1.807, 2.05) is 20.8 Å². The molecule has 160 valence electrons. The Balaban J connectivity index is 0.00000676. The molecule has 0 radical (unpaired) electrons. The predicted octanol–water partition coefficient (Wildman–Crippen LogP) is 3.38. The summed E-state index contributed by atoms with van der Waals surface area (Å²) in [7, 11) is 3.47. The number of nitrogens with one attached hydrogen (secondary N) is 2. The first kappa shape index (κ1) is 26.2. The lowest BCUT2D eigenvalue weighted by molar-refractivity contribution is 0.0275. The van der Waals surface area contributed by atoms with Crippen molar-refractivity contribution in [2.45, 2.75) is 71.0 Å². The van der Waals surface area contributed by atoms with Crippen molar-refractivity contribution in [2.75, 3.05) is 40.3 Å². The summed E-state index contributed by atoms with van der Waals surface area (Å²) in [6.45, 7) is 8.33. The van der Waals surface area contributed by atoms with Crippen LogP contribution in [0.1, 0.15) is 59.3 Å². The third-order valence-electron chi connectivity index (χ3n) is 4.19. The van der Waals surface area contributed by atoms with Gasteiger partial charge in [-0.25, -0.2) is 4.79 Å². The van der Waals surface area contributed by atoms with Gasteiger partial charge in [-0.1, -0.05) is 19.3 Å². The van der Waals surface area contributed by atoms with Crippen LogP contribution in [0.5, 0.6) is 0 Å². The Hall–Kier alpha value is -0.770. The SMILES string of the molecule is CN=C(NCCCOC1CCCCC1)NCCN(C)C(=O)OC(C)(C)C.I. The quantitative estimate of drug-likeness (QED) is 0.232. The third kappa shape index (κ3) is 13.1. The van der Waals surface area contributed by atoms with Crippen molar-refractivity contribution in [1.82, 2.24) is 15.5 Å². The standard InChI is InChI=1S/C19H38N4O3.HI/c1-19(2,3)26-18(24)23(5)14-13-22-17(20-4)21-12-9-15-25-16-10-7-6-8-11-16;/h16H,6-15H2,1-5H3,(H2,20,21,22);1H. The molecule has 0 spiro atoms. The van der Waals surface area contributed by atoms with Gasteiger partial charge in [-0.05, 0) is 40.0 Å². The number of hydrogen-bond acceptors (Lipinski definition) is 4. The summed E-state index contributed by atoms with van der Waals surface area (Å²) in [5.41, 5.74) is -0.476. The van der Waals surface area contributed by atoms with Crippen LogP contribution in [0.4, 0.5) is 4.79 Å². The molecule has 1 rings (SSSR count). The van der Waals surface area contributed by atoms with E-state index in [9.17, 15) is 4.79 Å². The lowest BCUT2D eigenvalue weighted by Gasteiger charge is -2.25. The monoisotopic (exact) mass is 498 g/mol. The van der Waals surface area contributed by atoms with Gasteiger partial charge in [0.05, 0.1) is 6.10 Å². The van der Waals surface area contributed by atoms with Gasteiger partial charge in [0, 0.05) is 40.3 Å². The summed E-state index contributed by atoms with van der Waals surface area (Å²) in [5, 5.41) is 6.48. The van der Waals surface area contributed by atoms with Gasteiger partial charge in [0.15, 0.2) is 5.96 Å². The number of rotatable bonds is 8. The molecule has 7 nitrogen and oxygen atoms in total. The molecular weight excluding hydrogens is 459 g/mol. The maximum Gasteiger partial charge on any atom is 0.410 e. The molecule has 1 aliphatic rings. The summed E-state index contributed by atoms with van der Waals surface area (Å²) in [4.78, 5) is 17.6. The van der Waals surface area contributed by atoms with Crippen molar-refractivity contribution < 1.29 is 14.3 Å². The van der Waals surface area contributed by atoms with Crippen LogP contribution in [-0.4, -0.2) is 69.0 Å². The molecule has 0 bridgehead atoms. The number of carbonyl (C=O) groups excluding carboxylic acids is 1. The Kier molecular flexibility index (Phi) is 13.9. The molecule has 27 heavy (non-hydrogen) atoms. The largest absolute Gasteiger partial charge is 0.444 e. The third-order valence-corrected chi connectivity index (χ3v) is 4.19. The molecule has 8 heteroatoms. The second kappa shape index (κ2) is 14.3. The Labute approximate surface area is 182 Å². The lowest BCUT2D eigenvalue weighted by atomic mass is 9.98. The van der Waals surface area contributed by atoms with Crippen LogP contribution in [0.15, 0.2) is 4.99 Å². The summed E-state index contributed by atoms with van der Waals surface area (Å²) in [5.74, 6) is 0.736. The Bertz CT molecular complexity index is 435. The first-order chi connectivity index (χ1) is 12.3. The van der Waals surface area contributed by atoms with Crippen molar-refractivity contribution in [3.63, 3.8) is 0 Å². The van der Waals surface area contributed by atoms with Gasteiger partial charge in [-0.15, -0.1) is 24.0 Å². The second-order valence-corrected chi connectivity index (χ2v) is 7.81. The molecule has 0 unspecified atom stereocenters. The fraction of sp³-hybridized carbons (Fsp3) is 0.895. The Morgan fingerprint density at radius 3 is 2.37 bits per heavy atom. The summed E-state index contributed by atoms with van der Waals surface area (Å²) < 4.78 is 11.2. The van der Waals surface area contributed by atoms with E-state index in [-0.39, 0.29) is 30.1 Å². The van der Waals surface area contributed by atoms with Crippen LogP contribution < -0.4 is 10.6 Å². The maximum atomic E-state index is 11.9. The minimum Gasteiger partial charge on any atom is -0.444 e. The average Bonchev–Trinajstić information content (AvgIpc) is 2.59. The molecule has 1 fully saturated rings.